The monoisotopic (exact) mass is 220 g/mol. The number of amides is 1. The van der Waals surface area contributed by atoms with Crippen LogP contribution in [0.15, 0.2) is 24.8 Å². The molecule has 16 heavy (non-hydrogen) atoms. The van der Waals surface area contributed by atoms with Crippen molar-refractivity contribution in [2.75, 3.05) is 14.1 Å². The molecule has 0 atom stereocenters. The average molecular weight is 220 g/mol. The van der Waals surface area contributed by atoms with Crippen LogP contribution >= 0.6 is 0 Å². The zero-order valence-corrected chi connectivity index (χ0v) is 9.14. The Morgan fingerprint density at radius 3 is 2.50 bits per heavy atom. The van der Waals surface area contributed by atoms with E-state index in [1.807, 2.05) is 0 Å². The van der Waals surface area contributed by atoms with Crippen molar-refractivity contribution in [1.82, 2.24) is 4.90 Å². The maximum Gasteiger partial charge on any atom is 0.270 e. The summed E-state index contributed by atoms with van der Waals surface area (Å²) in [4.78, 5) is 23.2. The zero-order chi connectivity index (χ0) is 12.3. The van der Waals surface area contributed by atoms with Crippen molar-refractivity contribution in [3.05, 3.63) is 46.0 Å². The zero-order valence-electron chi connectivity index (χ0n) is 9.14. The topological polar surface area (TPSA) is 63.5 Å². The number of hydrogen-bond acceptors (Lipinski definition) is 3. The van der Waals surface area contributed by atoms with Crippen molar-refractivity contribution in [2.24, 2.45) is 0 Å². The molecule has 1 aromatic carbocycles. The second-order valence-electron chi connectivity index (χ2n) is 3.47. The number of carbonyl (C=O) groups is 1. The summed E-state index contributed by atoms with van der Waals surface area (Å²) >= 11 is 0. The Morgan fingerprint density at radius 1 is 1.44 bits per heavy atom. The minimum Gasteiger partial charge on any atom is -0.345 e. The van der Waals surface area contributed by atoms with Crippen LogP contribution in [0.25, 0.3) is 6.08 Å². The van der Waals surface area contributed by atoms with Crippen molar-refractivity contribution < 1.29 is 9.72 Å². The van der Waals surface area contributed by atoms with Gasteiger partial charge in [0.2, 0.25) is 0 Å². The molecule has 5 heteroatoms. The number of carbonyl (C=O) groups excluding carboxylic acids is 1. The molecule has 0 saturated heterocycles. The fourth-order valence-electron chi connectivity index (χ4n) is 1.24. The Bertz CT molecular complexity index is 453. The van der Waals surface area contributed by atoms with Crippen LogP contribution in [0.4, 0.5) is 5.69 Å². The Labute approximate surface area is 93.1 Å². The maximum atomic E-state index is 11.7. The molecule has 0 radical (unpaired) electrons. The first-order valence-electron chi connectivity index (χ1n) is 4.59. The summed E-state index contributed by atoms with van der Waals surface area (Å²) in [6.45, 7) is 3.53. The highest BCUT2D eigenvalue weighted by Gasteiger charge is 2.14. The van der Waals surface area contributed by atoms with E-state index in [0.717, 1.165) is 0 Å². The molecule has 0 aliphatic rings. The van der Waals surface area contributed by atoms with Crippen molar-refractivity contribution in [1.29, 1.82) is 0 Å². The highest BCUT2D eigenvalue weighted by atomic mass is 16.6. The largest absolute Gasteiger partial charge is 0.345 e. The van der Waals surface area contributed by atoms with Gasteiger partial charge in [-0.25, -0.2) is 0 Å². The molecule has 1 rings (SSSR count). The molecule has 1 amide bonds. The van der Waals surface area contributed by atoms with Gasteiger partial charge in [-0.1, -0.05) is 12.7 Å². The van der Waals surface area contributed by atoms with Crippen LogP contribution in [-0.4, -0.2) is 29.8 Å². The Morgan fingerprint density at radius 2 is 2.06 bits per heavy atom. The van der Waals surface area contributed by atoms with Crippen molar-refractivity contribution >= 4 is 17.7 Å². The van der Waals surface area contributed by atoms with Crippen LogP contribution in [0.5, 0.6) is 0 Å². The van der Waals surface area contributed by atoms with Gasteiger partial charge in [-0.05, 0) is 11.6 Å². The Hall–Kier alpha value is -2.17. The lowest BCUT2D eigenvalue weighted by Crippen LogP contribution is -2.21. The quantitative estimate of drug-likeness (QED) is 0.577. The van der Waals surface area contributed by atoms with Crippen molar-refractivity contribution in [2.45, 2.75) is 0 Å². The van der Waals surface area contributed by atoms with Gasteiger partial charge < -0.3 is 4.90 Å². The van der Waals surface area contributed by atoms with Gasteiger partial charge in [0.25, 0.3) is 11.6 Å². The summed E-state index contributed by atoms with van der Waals surface area (Å²) in [5.41, 5.74) is 0.733. The summed E-state index contributed by atoms with van der Waals surface area (Å²) in [6.07, 6.45) is 1.47. The first-order chi connectivity index (χ1) is 7.45. The third kappa shape index (κ3) is 2.44. The third-order valence-electron chi connectivity index (χ3n) is 2.04. The molecular formula is C11H12N2O3. The highest BCUT2D eigenvalue weighted by Crippen LogP contribution is 2.18. The summed E-state index contributed by atoms with van der Waals surface area (Å²) in [5, 5.41) is 10.7. The maximum absolute atomic E-state index is 11.7. The molecule has 84 valence electrons. The lowest BCUT2D eigenvalue weighted by Gasteiger charge is -2.10. The highest BCUT2D eigenvalue weighted by molar-refractivity contribution is 5.95. The van der Waals surface area contributed by atoms with Gasteiger partial charge in [-0.2, -0.15) is 0 Å². The van der Waals surface area contributed by atoms with Gasteiger partial charge in [0.15, 0.2) is 0 Å². The van der Waals surface area contributed by atoms with Crippen LogP contribution in [0.3, 0.4) is 0 Å². The van der Waals surface area contributed by atoms with Crippen molar-refractivity contribution in [3.8, 4) is 0 Å². The number of nitro groups is 1. The van der Waals surface area contributed by atoms with Gasteiger partial charge in [-0.15, -0.1) is 0 Å². The van der Waals surface area contributed by atoms with Gasteiger partial charge in [-0.3, -0.25) is 14.9 Å². The van der Waals surface area contributed by atoms with Gasteiger partial charge in [0, 0.05) is 31.8 Å². The fourth-order valence-corrected chi connectivity index (χ4v) is 1.24. The number of nitro benzene ring substituents is 1. The van der Waals surface area contributed by atoms with E-state index in [1.54, 1.807) is 20.2 Å². The number of non-ortho nitro benzene ring substituents is 1. The van der Waals surface area contributed by atoms with Gasteiger partial charge in [0.05, 0.1) is 4.92 Å². The summed E-state index contributed by atoms with van der Waals surface area (Å²) < 4.78 is 0. The average Bonchev–Trinajstić information content (AvgIpc) is 2.27. The molecule has 0 heterocycles. The molecule has 0 aliphatic carbocycles. The van der Waals surface area contributed by atoms with Crippen LogP contribution in [0.1, 0.15) is 15.9 Å². The lowest BCUT2D eigenvalue weighted by molar-refractivity contribution is -0.384. The first kappa shape index (κ1) is 11.9. The standard InChI is InChI=1S/C11H12N2O3/c1-4-8-5-9(11(14)12(2)3)7-10(6-8)13(15)16/h4-7H,1H2,2-3H3. The Kier molecular flexibility index (Phi) is 3.40. The van der Waals surface area contributed by atoms with E-state index in [1.165, 1.54) is 23.1 Å². The lowest BCUT2D eigenvalue weighted by atomic mass is 10.1. The minimum atomic E-state index is -0.528. The number of hydrogen-bond donors (Lipinski definition) is 0. The molecule has 0 bridgehead atoms. The molecule has 0 N–H and O–H groups in total. The number of rotatable bonds is 3. The predicted octanol–water partition coefficient (Wildman–Crippen LogP) is 1.94. The number of nitrogens with zero attached hydrogens (tertiary/aromatic N) is 2. The van der Waals surface area contributed by atoms with Gasteiger partial charge >= 0.3 is 0 Å². The first-order valence-corrected chi connectivity index (χ1v) is 4.59. The normalized spacial score (nSPS) is 9.62. The van der Waals surface area contributed by atoms with E-state index in [4.69, 9.17) is 0 Å². The smallest absolute Gasteiger partial charge is 0.270 e. The molecule has 0 spiro atoms. The molecule has 0 aliphatic heterocycles. The Balaban J connectivity index is 3.29. The van der Waals surface area contributed by atoms with E-state index in [0.29, 0.717) is 5.56 Å². The number of benzene rings is 1. The third-order valence-corrected chi connectivity index (χ3v) is 2.04. The predicted molar refractivity (Wildman–Crippen MR) is 61.2 cm³/mol. The van der Waals surface area contributed by atoms with Crippen LogP contribution in [0, 0.1) is 10.1 Å². The molecule has 0 fully saturated rings. The summed E-state index contributed by atoms with van der Waals surface area (Å²) in [6, 6.07) is 4.21. The molecule has 0 unspecified atom stereocenters. The SMILES string of the molecule is C=Cc1cc(C(=O)N(C)C)cc([N+](=O)[O-])c1. The summed E-state index contributed by atoms with van der Waals surface area (Å²) in [7, 11) is 3.18. The van der Waals surface area contributed by atoms with Crippen molar-refractivity contribution in [3.63, 3.8) is 0 Å². The second kappa shape index (κ2) is 4.57. The molecule has 1 aromatic rings. The van der Waals surface area contributed by atoms with Crippen LogP contribution in [0.2, 0.25) is 0 Å². The fraction of sp³-hybridized carbons (Fsp3) is 0.182. The van der Waals surface area contributed by atoms with E-state index in [-0.39, 0.29) is 17.2 Å². The molecule has 5 nitrogen and oxygen atoms in total. The summed E-state index contributed by atoms with van der Waals surface area (Å²) in [5.74, 6) is -0.271. The van der Waals surface area contributed by atoms with E-state index in [9.17, 15) is 14.9 Å². The van der Waals surface area contributed by atoms with E-state index >= 15 is 0 Å². The molecule has 0 saturated carbocycles. The molecule has 0 aromatic heterocycles. The van der Waals surface area contributed by atoms with Crippen LogP contribution in [-0.2, 0) is 0 Å². The van der Waals surface area contributed by atoms with E-state index in [2.05, 4.69) is 6.58 Å². The minimum absolute atomic E-state index is 0.109. The van der Waals surface area contributed by atoms with E-state index < -0.39 is 4.92 Å². The van der Waals surface area contributed by atoms with Crippen LogP contribution < -0.4 is 0 Å². The van der Waals surface area contributed by atoms with Gasteiger partial charge in [0.1, 0.15) is 0 Å². The molecular weight excluding hydrogens is 208 g/mol. The second-order valence-corrected chi connectivity index (χ2v) is 3.47.